The Kier molecular flexibility index (Phi) is 5.76. The van der Waals surface area contributed by atoms with Crippen LogP contribution in [-0.4, -0.2) is 28.4 Å². The molecule has 0 fully saturated rings. The van der Waals surface area contributed by atoms with Crippen LogP contribution >= 0.6 is 11.8 Å². The van der Waals surface area contributed by atoms with Crippen molar-refractivity contribution in [3.8, 4) is 0 Å². The SMILES string of the molecule is CCOC(=O)c1c[nH]c2ccc(C=CCSC(C)=O)cc2c1=O. The molecule has 0 amide bonds. The molecule has 1 aromatic heterocycles. The number of aromatic nitrogens is 1. The quantitative estimate of drug-likeness (QED) is 0.852. The highest BCUT2D eigenvalue weighted by molar-refractivity contribution is 8.13. The van der Waals surface area contributed by atoms with Gasteiger partial charge >= 0.3 is 5.97 Å². The minimum Gasteiger partial charge on any atom is -0.462 e. The number of aromatic amines is 1. The number of benzene rings is 1. The van der Waals surface area contributed by atoms with Gasteiger partial charge < -0.3 is 9.72 Å². The predicted molar refractivity (Wildman–Crippen MR) is 92.7 cm³/mol. The summed E-state index contributed by atoms with van der Waals surface area (Å²) in [4.78, 5) is 38.0. The van der Waals surface area contributed by atoms with Gasteiger partial charge in [-0.1, -0.05) is 30.0 Å². The van der Waals surface area contributed by atoms with E-state index in [2.05, 4.69) is 4.98 Å². The molecule has 0 aliphatic carbocycles. The van der Waals surface area contributed by atoms with Crippen molar-refractivity contribution in [3.63, 3.8) is 0 Å². The van der Waals surface area contributed by atoms with Gasteiger partial charge in [0.2, 0.25) is 5.43 Å². The first-order valence-corrected chi connectivity index (χ1v) is 8.14. The highest BCUT2D eigenvalue weighted by Crippen LogP contribution is 2.13. The van der Waals surface area contributed by atoms with Crippen LogP contribution < -0.4 is 5.43 Å². The minimum atomic E-state index is -0.630. The van der Waals surface area contributed by atoms with E-state index in [1.165, 1.54) is 24.9 Å². The number of hydrogen-bond acceptors (Lipinski definition) is 5. The summed E-state index contributed by atoms with van der Waals surface area (Å²) in [5.41, 5.74) is 1.12. The van der Waals surface area contributed by atoms with Gasteiger partial charge in [0.25, 0.3) is 0 Å². The normalized spacial score (nSPS) is 11.0. The van der Waals surface area contributed by atoms with Crippen LogP contribution in [0.2, 0.25) is 0 Å². The van der Waals surface area contributed by atoms with Crippen LogP contribution in [0.4, 0.5) is 0 Å². The third-order valence-electron chi connectivity index (χ3n) is 3.09. The van der Waals surface area contributed by atoms with Gasteiger partial charge in [-0.2, -0.15) is 0 Å². The molecule has 120 valence electrons. The fourth-order valence-corrected chi connectivity index (χ4v) is 2.48. The lowest BCUT2D eigenvalue weighted by atomic mass is 10.1. The van der Waals surface area contributed by atoms with Gasteiger partial charge in [0.15, 0.2) is 5.12 Å². The summed E-state index contributed by atoms with van der Waals surface area (Å²) in [5, 5.41) is 0.487. The molecule has 0 spiro atoms. The van der Waals surface area contributed by atoms with Crippen LogP contribution in [0.15, 0.2) is 35.3 Å². The lowest BCUT2D eigenvalue weighted by Gasteiger charge is -2.04. The second kappa shape index (κ2) is 7.78. The van der Waals surface area contributed by atoms with E-state index in [1.807, 2.05) is 18.2 Å². The number of thioether (sulfide) groups is 1. The first-order chi connectivity index (χ1) is 11.0. The maximum atomic E-state index is 12.4. The molecule has 0 saturated heterocycles. The van der Waals surface area contributed by atoms with Crippen molar-refractivity contribution >= 4 is 39.8 Å². The summed E-state index contributed by atoms with van der Waals surface area (Å²) >= 11 is 1.21. The molecular formula is C17H17NO4S. The number of H-pyrrole nitrogens is 1. The van der Waals surface area contributed by atoms with Crippen molar-refractivity contribution in [2.24, 2.45) is 0 Å². The number of ether oxygens (including phenoxy) is 1. The number of esters is 1. The van der Waals surface area contributed by atoms with E-state index in [1.54, 1.807) is 19.1 Å². The Labute approximate surface area is 137 Å². The summed E-state index contributed by atoms with van der Waals surface area (Å²) in [6.07, 6.45) is 5.07. The van der Waals surface area contributed by atoms with Gasteiger partial charge in [0, 0.05) is 29.8 Å². The van der Waals surface area contributed by atoms with Gasteiger partial charge in [0.05, 0.1) is 6.61 Å². The summed E-state index contributed by atoms with van der Waals surface area (Å²) in [7, 11) is 0. The fourth-order valence-electron chi connectivity index (χ4n) is 2.05. The largest absolute Gasteiger partial charge is 0.462 e. The van der Waals surface area contributed by atoms with E-state index >= 15 is 0 Å². The van der Waals surface area contributed by atoms with Crippen LogP contribution in [0, 0.1) is 0 Å². The first kappa shape index (κ1) is 17.0. The third-order valence-corrected chi connectivity index (χ3v) is 3.86. The van der Waals surface area contributed by atoms with Gasteiger partial charge in [-0.25, -0.2) is 4.79 Å². The van der Waals surface area contributed by atoms with Crippen molar-refractivity contribution in [2.45, 2.75) is 13.8 Å². The molecule has 0 aliphatic heterocycles. The van der Waals surface area contributed by atoms with Gasteiger partial charge in [0.1, 0.15) is 5.56 Å². The first-order valence-electron chi connectivity index (χ1n) is 7.15. The molecule has 1 N–H and O–H groups in total. The zero-order chi connectivity index (χ0) is 16.8. The monoisotopic (exact) mass is 331 g/mol. The molecule has 0 atom stereocenters. The van der Waals surface area contributed by atoms with Crippen molar-refractivity contribution < 1.29 is 14.3 Å². The number of nitrogens with one attached hydrogen (secondary N) is 1. The zero-order valence-corrected chi connectivity index (χ0v) is 13.7. The van der Waals surface area contributed by atoms with Gasteiger partial charge in [-0.05, 0) is 24.6 Å². The molecule has 1 heterocycles. The lowest BCUT2D eigenvalue weighted by Crippen LogP contribution is -2.18. The Bertz CT molecular complexity index is 823. The molecule has 0 aliphatic rings. The van der Waals surface area contributed by atoms with Crippen molar-refractivity contribution in [1.82, 2.24) is 4.98 Å². The molecule has 0 radical (unpaired) electrons. The highest BCUT2D eigenvalue weighted by atomic mass is 32.2. The Balaban J connectivity index is 2.33. The number of pyridine rings is 1. The molecule has 2 rings (SSSR count). The Morgan fingerprint density at radius 2 is 2.13 bits per heavy atom. The molecule has 0 saturated carbocycles. The maximum absolute atomic E-state index is 12.4. The van der Waals surface area contributed by atoms with E-state index in [9.17, 15) is 14.4 Å². The third kappa shape index (κ3) is 4.32. The summed E-state index contributed by atoms with van der Waals surface area (Å²) in [6.45, 7) is 3.42. The Hall–Kier alpha value is -2.34. The van der Waals surface area contributed by atoms with Gasteiger partial charge in [-0.15, -0.1) is 0 Å². The molecule has 1 aromatic carbocycles. The second-order valence-electron chi connectivity index (χ2n) is 4.76. The maximum Gasteiger partial charge on any atom is 0.343 e. The number of fused-ring (bicyclic) bond motifs is 1. The minimum absolute atomic E-state index is 0.00684. The summed E-state index contributed by atoms with van der Waals surface area (Å²) < 4.78 is 4.88. The van der Waals surface area contributed by atoms with Crippen LogP contribution in [0.5, 0.6) is 0 Å². The van der Waals surface area contributed by atoms with Crippen LogP contribution in [0.25, 0.3) is 17.0 Å². The standard InChI is InChI=1S/C17H17NO4S/c1-3-22-17(21)14-10-18-15-7-6-12(9-13(15)16(14)20)5-4-8-23-11(2)19/h4-7,9-10H,3,8H2,1-2H3,(H,18,20). The number of hydrogen-bond donors (Lipinski definition) is 1. The molecule has 0 bridgehead atoms. The average molecular weight is 331 g/mol. The number of carbonyl (C=O) groups is 2. The lowest BCUT2D eigenvalue weighted by molar-refractivity contribution is -0.109. The second-order valence-corrected chi connectivity index (χ2v) is 5.96. The smallest absolute Gasteiger partial charge is 0.343 e. The van der Waals surface area contributed by atoms with Gasteiger partial charge in [-0.3, -0.25) is 9.59 Å². The van der Waals surface area contributed by atoms with Crippen LogP contribution in [0.3, 0.4) is 0 Å². The molecule has 23 heavy (non-hydrogen) atoms. The molecule has 2 aromatic rings. The van der Waals surface area contributed by atoms with E-state index in [-0.39, 0.29) is 22.7 Å². The number of rotatable bonds is 5. The molecule has 0 unspecified atom stereocenters. The Morgan fingerprint density at radius 1 is 1.35 bits per heavy atom. The van der Waals surface area contributed by atoms with E-state index in [0.717, 1.165) is 5.56 Å². The van der Waals surface area contributed by atoms with E-state index in [0.29, 0.717) is 16.7 Å². The van der Waals surface area contributed by atoms with Crippen molar-refractivity contribution in [2.75, 3.05) is 12.4 Å². The molecular weight excluding hydrogens is 314 g/mol. The molecule has 5 nitrogen and oxygen atoms in total. The number of carbonyl (C=O) groups excluding carboxylic acids is 2. The van der Waals surface area contributed by atoms with Crippen LogP contribution in [0.1, 0.15) is 29.8 Å². The summed E-state index contributed by atoms with van der Waals surface area (Å²) in [6, 6.07) is 5.35. The average Bonchev–Trinajstić information content (AvgIpc) is 2.52. The van der Waals surface area contributed by atoms with Crippen molar-refractivity contribution in [1.29, 1.82) is 0 Å². The Morgan fingerprint density at radius 3 is 2.83 bits per heavy atom. The predicted octanol–water partition coefficient (Wildman–Crippen LogP) is 3.00. The molecule has 6 heteroatoms. The van der Waals surface area contributed by atoms with E-state index in [4.69, 9.17) is 4.74 Å². The summed E-state index contributed by atoms with van der Waals surface area (Å²) in [5.74, 6) is -0.0542. The zero-order valence-electron chi connectivity index (χ0n) is 12.9. The van der Waals surface area contributed by atoms with Crippen molar-refractivity contribution in [3.05, 3.63) is 51.8 Å². The topological polar surface area (TPSA) is 76.2 Å². The fraction of sp³-hybridized carbons (Fsp3) is 0.235. The highest BCUT2D eigenvalue weighted by Gasteiger charge is 2.13. The van der Waals surface area contributed by atoms with E-state index < -0.39 is 5.97 Å². The van der Waals surface area contributed by atoms with Crippen LogP contribution in [-0.2, 0) is 9.53 Å².